The van der Waals surface area contributed by atoms with Gasteiger partial charge in [0.1, 0.15) is 0 Å². The Labute approximate surface area is 183 Å². The van der Waals surface area contributed by atoms with Crippen molar-refractivity contribution < 1.29 is 19.1 Å². The van der Waals surface area contributed by atoms with Gasteiger partial charge in [-0.05, 0) is 42.0 Å². The number of thioether (sulfide) groups is 1. The first-order valence-corrected chi connectivity index (χ1v) is 10.5. The van der Waals surface area contributed by atoms with Crippen molar-refractivity contribution in [2.75, 3.05) is 31.8 Å². The number of hydrogen-bond acceptors (Lipinski definition) is 5. The molecule has 0 atom stereocenters. The monoisotopic (exact) mass is 454 g/mol. The van der Waals surface area contributed by atoms with Gasteiger partial charge in [0, 0.05) is 31.1 Å². The quantitative estimate of drug-likeness (QED) is 0.607. The summed E-state index contributed by atoms with van der Waals surface area (Å²) in [5.41, 5.74) is 1.96. The number of hydrogen-bond donors (Lipinski definition) is 1. The van der Waals surface area contributed by atoms with Crippen LogP contribution in [0.3, 0.4) is 0 Å². The van der Waals surface area contributed by atoms with Crippen molar-refractivity contribution in [2.45, 2.75) is 5.75 Å². The fourth-order valence-electron chi connectivity index (χ4n) is 2.22. The zero-order valence-corrected chi connectivity index (χ0v) is 18.2. The van der Waals surface area contributed by atoms with Crippen molar-refractivity contribution >= 4 is 58.4 Å². The van der Waals surface area contributed by atoms with Gasteiger partial charge in [-0.2, -0.15) is 0 Å². The minimum Gasteiger partial charge on any atom is -0.455 e. The fourth-order valence-corrected chi connectivity index (χ4v) is 3.31. The minimum atomic E-state index is -0.489. The summed E-state index contributed by atoms with van der Waals surface area (Å²) in [6.07, 6.45) is 0. The summed E-state index contributed by atoms with van der Waals surface area (Å²) < 4.78 is 4.97. The molecular weight excluding hydrogens is 435 g/mol. The number of halogens is 2. The molecule has 29 heavy (non-hydrogen) atoms. The summed E-state index contributed by atoms with van der Waals surface area (Å²) in [5, 5.41) is 3.55. The smallest absolute Gasteiger partial charge is 0.316 e. The second-order valence-corrected chi connectivity index (χ2v) is 8.03. The molecule has 0 unspecified atom stereocenters. The molecule has 0 saturated carbocycles. The number of ether oxygens (including phenoxy) is 1. The van der Waals surface area contributed by atoms with E-state index in [2.05, 4.69) is 5.32 Å². The van der Waals surface area contributed by atoms with E-state index in [-0.39, 0.29) is 18.3 Å². The molecule has 0 radical (unpaired) electrons. The van der Waals surface area contributed by atoms with Crippen LogP contribution in [-0.4, -0.2) is 49.1 Å². The van der Waals surface area contributed by atoms with Gasteiger partial charge in [-0.1, -0.05) is 29.3 Å². The standard InChI is InChI=1S/C20H20Cl2N2O4S/c1-24(2)20(27)14-4-6-15(7-5-14)23-18(25)10-28-19(26)12-29-11-13-3-8-16(21)17(22)9-13/h3-9H,10-12H2,1-2H3,(H,23,25). The van der Waals surface area contributed by atoms with E-state index in [9.17, 15) is 14.4 Å². The number of benzene rings is 2. The Kier molecular flexibility index (Phi) is 8.82. The molecule has 0 aliphatic carbocycles. The molecule has 0 spiro atoms. The van der Waals surface area contributed by atoms with E-state index in [1.807, 2.05) is 6.07 Å². The van der Waals surface area contributed by atoms with Gasteiger partial charge in [-0.15, -0.1) is 11.8 Å². The Morgan fingerprint density at radius 3 is 2.34 bits per heavy atom. The molecule has 2 amide bonds. The summed E-state index contributed by atoms with van der Waals surface area (Å²) in [5.74, 6) is -0.405. The lowest BCUT2D eigenvalue weighted by Crippen LogP contribution is -2.22. The van der Waals surface area contributed by atoms with E-state index < -0.39 is 11.9 Å². The van der Waals surface area contributed by atoms with E-state index in [0.717, 1.165) is 5.56 Å². The number of carbonyl (C=O) groups is 3. The Morgan fingerprint density at radius 2 is 1.72 bits per heavy atom. The first kappa shape index (κ1) is 23.1. The summed E-state index contributed by atoms with van der Waals surface area (Å²) in [4.78, 5) is 37.0. The van der Waals surface area contributed by atoms with Crippen molar-refractivity contribution in [1.82, 2.24) is 4.90 Å². The van der Waals surface area contributed by atoms with Crippen molar-refractivity contribution in [1.29, 1.82) is 0 Å². The predicted molar refractivity (Wildman–Crippen MR) is 117 cm³/mol. The van der Waals surface area contributed by atoms with Crippen LogP contribution in [0.25, 0.3) is 0 Å². The number of esters is 1. The van der Waals surface area contributed by atoms with Gasteiger partial charge in [0.05, 0.1) is 15.8 Å². The van der Waals surface area contributed by atoms with Gasteiger partial charge in [-0.3, -0.25) is 14.4 Å². The van der Waals surface area contributed by atoms with Gasteiger partial charge in [-0.25, -0.2) is 0 Å². The molecule has 0 aromatic heterocycles. The number of carbonyl (C=O) groups excluding carboxylic acids is 3. The topological polar surface area (TPSA) is 75.7 Å². The van der Waals surface area contributed by atoms with Crippen LogP contribution >= 0.6 is 35.0 Å². The maximum atomic E-state index is 11.9. The highest BCUT2D eigenvalue weighted by Crippen LogP contribution is 2.24. The van der Waals surface area contributed by atoms with Crippen molar-refractivity contribution in [2.24, 2.45) is 0 Å². The Morgan fingerprint density at radius 1 is 1.03 bits per heavy atom. The highest BCUT2D eigenvalue weighted by molar-refractivity contribution is 7.99. The van der Waals surface area contributed by atoms with Gasteiger partial charge in [0.25, 0.3) is 11.8 Å². The predicted octanol–water partition coefficient (Wildman–Crippen LogP) is 4.11. The largest absolute Gasteiger partial charge is 0.455 e. The maximum Gasteiger partial charge on any atom is 0.316 e. The molecule has 0 heterocycles. The summed E-state index contributed by atoms with van der Waals surface area (Å²) >= 11 is 13.2. The lowest BCUT2D eigenvalue weighted by atomic mass is 10.2. The minimum absolute atomic E-state index is 0.106. The molecule has 6 nitrogen and oxygen atoms in total. The molecule has 2 aromatic rings. The molecule has 0 aliphatic heterocycles. The van der Waals surface area contributed by atoms with Crippen LogP contribution in [0.15, 0.2) is 42.5 Å². The summed E-state index contributed by atoms with van der Waals surface area (Å²) in [6, 6.07) is 11.7. The highest BCUT2D eigenvalue weighted by atomic mass is 35.5. The van der Waals surface area contributed by atoms with Crippen molar-refractivity contribution in [3.05, 3.63) is 63.6 Å². The molecule has 0 bridgehead atoms. The third-order valence-corrected chi connectivity index (χ3v) is 5.38. The summed E-state index contributed by atoms with van der Waals surface area (Å²) in [6.45, 7) is -0.384. The molecule has 2 aromatic carbocycles. The Balaban J connectivity index is 1.70. The third kappa shape index (κ3) is 7.61. The fraction of sp³-hybridized carbons (Fsp3) is 0.250. The van der Waals surface area contributed by atoms with Crippen molar-refractivity contribution in [3.63, 3.8) is 0 Å². The third-order valence-electron chi connectivity index (χ3n) is 3.66. The van der Waals surface area contributed by atoms with E-state index in [4.69, 9.17) is 27.9 Å². The first-order chi connectivity index (χ1) is 13.8. The second kappa shape index (κ2) is 11.1. The van der Waals surface area contributed by atoms with Crippen LogP contribution in [0.2, 0.25) is 10.0 Å². The highest BCUT2D eigenvalue weighted by Gasteiger charge is 2.10. The zero-order valence-electron chi connectivity index (χ0n) is 15.9. The zero-order chi connectivity index (χ0) is 21.4. The second-order valence-electron chi connectivity index (χ2n) is 6.23. The SMILES string of the molecule is CN(C)C(=O)c1ccc(NC(=O)COC(=O)CSCc2ccc(Cl)c(Cl)c2)cc1. The maximum absolute atomic E-state index is 11.9. The normalized spacial score (nSPS) is 10.3. The van der Waals surface area contributed by atoms with E-state index in [0.29, 0.717) is 27.0 Å². The lowest BCUT2D eigenvalue weighted by Gasteiger charge is -2.11. The molecule has 1 N–H and O–H groups in total. The number of amides is 2. The lowest BCUT2D eigenvalue weighted by molar-refractivity contribution is -0.144. The molecular formula is C20H20Cl2N2O4S. The van der Waals surface area contributed by atoms with Crippen LogP contribution in [-0.2, 0) is 20.1 Å². The number of rotatable bonds is 8. The number of anilines is 1. The molecule has 0 fully saturated rings. The molecule has 0 aliphatic rings. The Hall–Kier alpha value is -2.22. The molecule has 2 rings (SSSR count). The van der Waals surface area contributed by atoms with Gasteiger partial charge >= 0.3 is 5.97 Å². The van der Waals surface area contributed by atoms with E-state index >= 15 is 0 Å². The van der Waals surface area contributed by atoms with Gasteiger partial charge in [0.2, 0.25) is 0 Å². The van der Waals surface area contributed by atoms with Crippen LogP contribution in [0.4, 0.5) is 5.69 Å². The van der Waals surface area contributed by atoms with Crippen molar-refractivity contribution in [3.8, 4) is 0 Å². The van der Waals surface area contributed by atoms with Gasteiger partial charge < -0.3 is 15.0 Å². The van der Waals surface area contributed by atoms with Crippen LogP contribution in [0.5, 0.6) is 0 Å². The number of nitrogens with one attached hydrogen (secondary N) is 1. The van der Waals surface area contributed by atoms with Crippen LogP contribution < -0.4 is 5.32 Å². The summed E-state index contributed by atoms with van der Waals surface area (Å²) in [7, 11) is 3.32. The first-order valence-electron chi connectivity index (χ1n) is 8.55. The average molecular weight is 455 g/mol. The molecule has 0 saturated heterocycles. The van der Waals surface area contributed by atoms with E-state index in [1.54, 1.807) is 50.5 Å². The van der Waals surface area contributed by atoms with E-state index in [1.165, 1.54) is 16.7 Å². The van der Waals surface area contributed by atoms with Gasteiger partial charge in [0.15, 0.2) is 6.61 Å². The number of nitrogens with zero attached hydrogens (tertiary/aromatic N) is 1. The Bertz CT molecular complexity index is 889. The average Bonchev–Trinajstić information content (AvgIpc) is 2.69. The van der Waals surface area contributed by atoms with Crippen LogP contribution in [0.1, 0.15) is 15.9 Å². The van der Waals surface area contributed by atoms with Crippen LogP contribution in [0, 0.1) is 0 Å². The molecule has 154 valence electrons. The molecule has 9 heteroatoms.